The number of nitrogen functional groups attached to an aromatic ring is 1. The molecule has 1 aliphatic heterocycles. The van der Waals surface area contributed by atoms with E-state index in [1.807, 2.05) is 13.1 Å². The van der Waals surface area contributed by atoms with Crippen molar-refractivity contribution in [3.8, 4) is 0 Å². The molecule has 1 aromatic heterocycles. The van der Waals surface area contributed by atoms with Crippen molar-refractivity contribution in [1.29, 1.82) is 0 Å². The lowest BCUT2D eigenvalue weighted by Gasteiger charge is -2.28. The van der Waals surface area contributed by atoms with Crippen molar-refractivity contribution in [2.75, 3.05) is 25.9 Å². The van der Waals surface area contributed by atoms with Crippen molar-refractivity contribution in [2.24, 2.45) is 13.0 Å². The van der Waals surface area contributed by atoms with Gasteiger partial charge in [-0.15, -0.1) is 0 Å². The minimum absolute atomic E-state index is 0.762. The lowest BCUT2D eigenvalue weighted by atomic mass is 9.92. The largest absolute Gasteiger partial charge is 0.384 e. The highest BCUT2D eigenvalue weighted by Gasteiger charge is 2.18. The normalized spacial score (nSPS) is 19.6. The number of hydrogen-bond donors (Lipinski definition) is 1. The molecule has 0 saturated carbocycles. The average molecular weight is 208 g/mol. The summed E-state index contributed by atoms with van der Waals surface area (Å²) >= 11 is 0. The first-order valence-corrected chi connectivity index (χ1v) is 5.62. The maximum absolute atomic E-state index is 5.76. The number of aryl methyl sites for hydroxylation is 1. The predicted molar refractivity (Wildman–Crippen MR) is 61.5 cm³/mol. The zero-order chi connectivity index (χ0) is 10.8. The Morgan fingerprint density at radius 3 is 2.60 bits per heavy atom. The molecule has 1 aromatic rings. The number of nitrogens with two attached hydrogens (primary N) is 1. The summed E-state index contributed by atoms with van der Waals surface area (Å²) < 4.78 is 1.75. The summed E-state index contributed by atoms with van der Waals surface area (Å²) in [6.45, 7) is 2.43. The number of aromatic nitrogens is 2. The van der Waals surface area contributed by atoms with Gasteiger partial charge in [0, 0.05) is 13.1 Å². The number of likely N-dealkylation sites (tertiary alicyclic amines) is 1. The van der Waals surface area contributed by atoms with Gasteiger partial charge in [-0.2, -0.15) is 5.10 Å². The van der Waals surface area contributed by atoms with Gasteiger partial charge in [0.25, 0.3) is 0 Å². The second-order valence-electron chi connectivity index (χ2n) is 4.63. The fraction of sp³-hybridized carbons (Fsp3) is 0.727. The van der Waals surface area contributed by atoms with E-state index in [2.05, 4.69) is 17.0 Å². The molecule has 0 unspecified atom stereocenters. The smallest absolute Gasteiger partial charge is 0.121 e. The number of nitrogens with zero attached hydrogens (tertiary/aromatic N) is 3. The minimum Gasteiger partial charge on any atom is -0.384 e. The molecule has 2 heterocycles. The molecule has 15 heavy (non-hydrogen) atoms. The summed E-state index contributed by atoms with van der Waals surface area (Å²) in [7, 11) is 4.09. The van der Waals surface area contributed by atoms with Crippen LogP contribution in [-0.4, -0.2) is 34.8 Å². The van der Waals surface area contributed by atoms with Crippen molar-refractivity contribution < 1.29 is 0 Å². The van der Waals surface area contributed by atoms with Crippen LogP contribution in [-0.2, 0) is 13.5 Å². The summed E-state index contributed by atoms with van der Waals surface area (Å²) in [4.78, 5) is 2.39. The van der Waals surface area contributed by atoms with Crippen molar-refractivity contribution >= 4 is 5.82 Å². The minimum atomic E-state index is 0.762. The number of anilines is 1. The Labute approximate surface area is 91.1 Å². The van der Waals surface area contributed by atoms with Gasteiger partial charge in [-0.05, 0) is 45.3 Å². The van der Waals surface area contributed by atoms with Crippen LogP contribution in [0.3, 0.4) is 0 Å². The molecule has 1 fully saturated rings. The Balaban J connectivity index is 1.91. The van der Waals surface area contributed by atoms with Crippen LogP contribution in [0, 0.1) is 5.92 Å². The van der Waals surface area contributed by atoms with Gasteiger partial charge in [-0.25, -0.2) is 0 Å². The van der Waals surface area contributed by atoms with Crippen LogP contribution in [0.5, 0.6) is 0 Å². The van der Waals surface area contributed by atoms with E-state index in [1.165, 1.54) is 25.9 Å². The van der Waals surface area contributed by atoms with Crippen LogP contribution in [0.2, 0.25) is 0 Å². The molecule has 0 aliphatic carbocycles. The summed E-state index contributed by atoms with van der Waals surface area (Å²) in [5.41, 5.74) is 6.90. The van der Waals surface area contributed by atoms with Crippen molar-refractivity contribution in [3.05, 3.63) is 11.8 Å². The molecule has 0 atom stereocenters. The number of hydrogen-bond acceptors (Lipinski definition) is 3. The topological polar surface area (TPSA) is 47.1 Å². The van der Waals surface area contributed by atoms with E-state index < -0.39 is 0 Å². The van der Waals surface area contributed by atoms with Crippen molar-refractivity contribution in [3.63, 3.8) is 0 Å². The van der Waals surface area contributed by atoms with Crippen LogP contribution >= 0.6 is 0 Å². The molecule has 1 aliphatic rings. The maximum atomic E-state index is 5.76. The van der Waals surface area contributed by atoms with Gasteiger partial charge in [0.05, 0.1) is 5.69 Å². The molecule has 0 aromatic carbocycles. The van der Waals surface area contributed by atoms with Gasteiger partial charge in [0.15, 0.2) is 0 Å². The first kappa shape index (κ1) is 10.5. The molecule has 0 spiro atoms. The van der Waals surface area contributed by atoms with Gasteiger partial charge in [0.2, 0.25) is 0 Å². The van der Waals surface area contributed by atoms with Gasteiger partial charge in [0.1, 0.15) is 5.82 Å². The van der Waals surface area contributed by atoms with Gasteiger partial charge in [-0.1, -0.05) is 0 Å². The standard InChI is InChI=1S/C11H20N4/c1-14-5-3-9(4-6-14)7-10-8-11(12)15(2)13-10/h8-9H,3-7,12H2,1-2H3. The lowest BCUT2D eigenvalue weighted by Crippen LogP contribution is -2.31. The number of rotatable bonds is 2. The summed E-state index contributed by atoms with van der Waals surface area (Å²) in [5.74, 6) is 1.55. The fourth-order valence-corrected chi connectivity index (χ4v) is 2.21. The second-order valence-corrected chi connectivity index (χ2v) is 4.63. The second kappa shape index (κ2) is 4.23. The van der Waals surface area contributed by atoms with E-state index in [0.29, 0.717) is 0 Å². The van der Waals surface area contributed by atoms with Crippen LogP contribution < -0.4 is 5.73 Å². The third-order valence-electron chi connectivity index (χ3n) is 3.30. The molecule has 84 valence electrons. The molecular weight excluding hydrogens is 188 g/mol. The highest BCUT2D eigenvalue weighted by atomic mass is 15.3. The third-order valence-corrected chi connectivity index (χ3v) is 3.30. The summed E-state index contributed by atoms with van der Waals surface area (Å²) in [6, 6.07) is 2.00. The van der Waals surface area contributed by atoms with Gasteiger partial charge < -0.3 is 10.6 Å². The monoisotopic (exact) mass is 208 g/mol. The van der Waals surface area contributed by atoms with Crippen LogP contribution in [0.1, 0.15) is 18.5 Å². The van der Waals surface area contributed by atoms with E-state index in [-0.39, 0.29) is 0 Å². The molecule has 4 heteroatoms. The summed E-state index contributed by atoms with van der Waals surface area (Å²) in [6.07, 6.45) is 3.65. The molecule has 4 nitrogen and oxygen atoms in total. The van der Waals surface area contributed by atoms with Crippen LogP contribution in [0.25, 0.3) is 0 Å². The van der Waals surface area contributed by atoms with E-state index in [1.54, 1.807) is 4.68 Å². The fourth-order valence-electron chi connectivity index (χ4n) is 2.21. The first-order valence-electron chi connectivity index (χ1n) is 5.62. The third kappa shape index (κ3) is 2.50. The molecule has 0 bridgehead atoms. The van der Waals surface area contributed by atoms with E-state index in [0.717, 1.165) is 23.9 Å². The zero-order valence-electron chi connectivity index (χ0n) is 9.61. The Kier molecular flexibility index (Phi) is 2.95. The highest BCUT2D eigenvalue weighted by Crippen LogP contribution is 2.20. The lowest BCUT2D eigenvalue weighted by molar-refractivity contribution is 0.218. The van der Waals surface area contributed by atoms with Crippen molar-refractivity contribution in [2.45, 2.75) is 19.3 Å². The summed E-state index contributed by atoms with van der Waals surface area (Å²) in [5, 5.41) is 4.40. The zero-order valence-corrected chi connectivity index (χ0v) is 9.61. The molecule has 2 rings (SSSR count). The van der Waals surface area contributed by atoms with Crippen LogP contribution in [0.4, 0.5) is 5.82 Å². The average Bonchev–Trinajstić information content (AvgIpc) is 2.50. The number of piperidine rings is 1. The van der Waals surface area contributed by atoms with E-state index >= 15 is 0 Å². The van der Waals surface area contributed by atoms with Gasteiger partial charge in [-0.3, -0.25) is 4.68 Å². The van der Waals surface area contributed by atoms with E-state index in [4.69, 9.17) is 5.73 Å². The SMILES string of the molecule is CN1CCC(Cc2cc(N)n(C)n2)CC1. The Bertz CT molecular complexity index is 304. The highest BCUT2D eigenvalue weighted by molar-refractivity contribution is 5.30. The molecule has 0 radical (unpaired) electrons. The predicted octanol–water partition coefficient (Wildman–Crippen LogP) is 0.887. The molecule has 0 amide bonds. The molecule has 1 saturated heterocycles. The Morgan fingerprint density at radius 1 is 1.40 bits per heavy atom. The van der Waals surface area contributed by atoms with E-state index in [9.17, 15) is 0 Å². The maximum Gasteiger partial charge on any atom is 0.121 e. The van der Waals surface area contributed by atoms with Crippen molar-refractivity contribution in [1.82, 2.24) is 14.7 Å². The molecular formula is C11H20N4. The quantitative estimate of drug-likeness (QED) is 0.785. The van der Waals surface area contributed by atoms with Gasteiger partial charge >= 0.3 is 0 Å². The Hall–Kier alpha value is -1.03. The first-order chi connectivity index (χ1) is 7.15. The Morgan fingerprint density at radius 2 is 2.07 bits per heavy atom. The molecule has 2 N–H and O–H groups in total. The van der Waals surface area contributed by atoms with Crippen LogP contribution in [0.15, 0.2) is 6.07 Å².